The van der Waals surface area contributed by atoms with Gasteiger partial charge in [-0.2, -0.15) is 13.2 Å². The van der Waals surface area contributed by atoms with Crippen molar-refractivity contribution < 1.29 is 17.9 Å². The van der Waals surface area contributed by atoms with Crippen LogP contribution in [0.4, 0.5) is 18.9 Å². The summed E-state index contributed by atoms with van der Waals surface area (Å²) in [5.74, 6) is 0.624. The predicted molar refractivity (Wildman–Crippen MR) is 64.0 cm³/mol. The Bertz CT molecular complexity index is 417. The molecule has 1 unspecified atom stereocenters. The van der Waals surface area contributed by atoms with Crippen LogP contribution in [-0.4, -0.2) is 25.4 Å². The van der Waals surface area contributed by atoms with E-state index in [1.54, 1.807) is 24.3 Å². The number of halogens is 3. The molecule has 1 heterocycles. The van der Waals surface area contributed by atoms with Crippen LogP contribution in [0.3, 0.4) is 0 Å². The van der Waals surface area contributed by atoms with Crippen LogP contribution >= 0.6 is 0 Å². The van der Waals surface area contributed by atoms with Gasteiger partial charge in [0, 0.05) is 0 Å². The molecular weight excluding hydrogens is 243 g/mol. The van der Waals surface area contributed by atoms with Crippen molar-refractivity contribution in [1.82, 2.24) is 0 Å². The second-order valence-corrected chi connectivity index (χ2v) is 4.83. The third kappa shape index (κ3) is 2.71. The van der Waals surface area contributed by atoms with E-state index in [0.717, 1.165) is 0 Å². The van der Waals surface area contributed by atoms with E-state index in [1.165, 1.54) is 4.90 Å². The zero-order valence-electron chi connectivity index (χ0n) is 10.4. The Hall–Kier alpha value is -1.39. The van der Waals surface area contributed by atoms with Crippen molar-refractivity contribution in [2.75, 3.05) is 18.1 Å². The summed E-state index contributed by atoms with van der Waals surface area (Å²) in [6.07, 6.45) is -4.21. The van der Waals surface area contributed by atoms with E-state index in [9.17, 15) is 13.2 Å². The molecule has 0 amide bonds. The second-order valence-electron chi connectivity index (χ2n) is 4.83. The fourth-order valence-electron chi connectivity index (χ4n) is 2.21. The highest BCUT2D eigenvalue weighted by atomic mass is 19.4. The lowest BCUT2D eigenvalue weighted by atomic mass is 10.0. The molecule has 1 aliphatic heterocycles. The third-order valence-corrected chi connectivity index (χ3v) is 3.10. The van der Waals surface area contributed by atoms with Crippen molar-refractivity contribution in [2.24, 2.45) is 5.92 Å². The van der Waals surface area contributed by atoms with Crippen LogP contribution in [0.1, 0.15) is 13.8 Å². The summed E-state index contributed by atoms with van der Waals surface area (Å²) in [4.78, 5) is 1.41. The van der Waals surface area contributed by atoms with E-state index in [4.69, 9.17) is 4.74 Å². The number of alkyl halides is 3. The third-order valence-electron chi connectivity index (χ3n) is 3.10. The molecular formula is C13H16F3NO. The molecule has 1 aromatic carbocycles. The first-order valence-electron chi connectivity index (χ1n) is 5.93. The fourth-order valence-corrected chi connectivity index (χ4v) is 2.21. The minimum absolute atomic E-state index is 0.0979. The fraction of sp³-hybridized carbons (Fsp3) is 0.538. The molecule has 2 nitrogen and oxygen atoms in total. The van der Waals surface area contributed by atoms with Gasteiger partial charge >= 0.3 is 6.18 Å². The second kappa shape index (κ2) is 4.71. The maximum Gasteiger partial charge on any atom is 0.405 e. The molecule has 5 heteroatoms. The Labute approximate surface area is 104 Å². The van der Waals surface area contributed by atoms with Gasteiger partial charge < -0.3 is 9.64 Å². The molecule has 0 bridgehead atoms. The Morgan fingerprint density at radius 1 is 1.33 bits per heavy atom. The van der Waals surface area contributed by atoms with Crippen LogP contribution in [0.2, 0.25) is 0 Å². The number of hydrogen-bond donors (Lipinski definition) is 0. The maximum absolute atomic E-state index is 12.7. The molecule has 2 rings (SSSR count). The SMILES string of the molecule is CC(C)C1COc2ccccc2N1CC(F)(F)F. The highest BCUT2D eigenvalue weighted by Gasteiger charge is 2.38. The van der Waals surface area contributed by atoms with E-state index in [0.29, 0.717) is 18.0 Å². The maximum atomic E-state index is 12.7. The number of nitrogens with zero attached hydrogens (tertiary/aromatic N) is 1. The highest BCUT2D eigenvalue weighted by Crippen LogP contribution is 2.37. The van der Waals surface area contributed by atoms with E-state index in [1.807, 2.05) is 13.8 Å². The van der Waals surface area contributed by atoms with Crippen LogP contribution in [0.25, 0.3) is 0 Å². The van der Waals surface area contributed by atoms with Crippen molar-refractivity contribution in [3.63, 3.8) is 0 Å². The molecule has 0 spiro atoms. The quantitative estimate of drug-likeness (QED) is 0.806. The van der Waals surface area contributed by atoms with E-state index >= 15 is 0 Å². The van der Waals surface area contributed by atoms with Crippen LogP contribution in [-0.2, 0) is 0 Å². The number of rotatable bonds is 2. The number of hydrogen-bond acceptors (Lipinski definition) is 2. The van der Waals surface area contributed by atoms with Gasteiger partial charge in [-0.15, -0.1) is 0 Å². The smallest absolute Gasteiger partial charge is 0.405 e. The van der Waals surface area contributed by atoms with Crippen LogP contribution in [0.5, 0.6) is 5.75 Å². The molecule has 0 N–H and O–H groups in total. The van der Waals surface area contributed by atoms with E-state index in [2.05, 4.69) is 0 Å². The summed E-state index contributed by atoms with van der Waals surface area (Å²) in [7, 11) is 0. The molecule has 1 atom stereocenters. The Kier molecular flexibility index (Phi) is 3.41. The lowest BCUT2D eigenvalue weighted by molar-refractivity contribution is -0.121. The van der Waals surface area contributed by atoms with Crippen LogP contribution in [0, 0.1) is 5.92 Å². The average Bonchev–Trinajstić information content (AvgIpc) is 2.27. The minimum atomic E-state index is -4.21. The van der Waals surface area contributed by atoms with Gasteiger partial charge in [0.05, 0.1) is 11.7 Å². The van der Waals surface area contributed by atoms with Gasteiger partial charge in [-0.1, -0.05) is 26.0 Å². The van der Waals surface area contributed by atoms with Crippen molar-refractivity contribution in [3.8, 4) is 5.75 Å². The molecule has 1 aliphatic rings. The lowest BCUT2D eigenvalue weighted by Gasteiger charge is -2.40. The topological polar surface area (TPSA) is 12.5 Å². The van der Waals surface area contributed by atoms with Gasteiger partial charge in [-0.25, -0.2) is 0 Å². The lowest BCUT2D eigenvalue weighted by Crippen LogP contribution is -2.50. The molecule has 18 heavy (non-hydrogen) atoms. The van der Waals surface area contributed by atoms with Gasteiger partial charge in [0.1, 0.15) is 18.9 Å². The number of ether oxygens (including phenoxy) is 1. The molecule has 100 valence electrons. The first-order valence-corrected chi connectivity index (χ1v) is 5.93. The molecule has 0 aromatic heterocycles. The summed E-state index contributed by atoms with van der Waals surface area (Å²) in [5, 5.41) is 0. The molecule has 0 radical (unpaired) electrons. The number of anilines is 1. The van der Waals surface area contributed by atoms with Crippen molar-refractivity contribution >= 4 is 5.69 Å². The summed E-state index contributed by atoms with van der Waals surface area (Å²) in [5.41, 5.74) is 0.528. The zero-order chi connectivity index (χ0) is 13.3. The number of benzene rings is 1. The Balaban J connectivity index is 2.34. The molecule has 0 saturated heterocycles. The summed E-state index contributed by atoms with van der Waals surface area (Å²) in [6.45, 7) is 3.18. The van der Waals surface area contributed by atoms with Crippen LogP contribution in [0.15, 0.2) is 24.3 Å². The standard InChI is InChI=1S/C13H16F3NO/c1-9(2)11-7-18-12-6-4-3-5-10(12)17(11)8-13(14,15)16/h3-6,9,11H,7-8H2,1-2H3. The predicted octanol–water partition coefficient (Wildman–Crippen LogP) is 3.47. The summed E-state index contributed by atoms with van der Waals surface area (Å²) < 4.78 is 43.6. The summed E-state index contributed by atoms with van der Waals surface area (Å²) >= 11 is 0. The number of fused-ring (bicyclic) bond motifs is 1. The normalized spacial score (nSPS) is 19.7. The van der Waals surface area contributed by atoms with Crippen molar-refractivity contribution in [2.45, 2.75) is 26.1 Å². The van der Waals surface area contributed by atoms with Crippen molar-refractivity contribution in [1.29, 1.82) is 0 Å². The largest absolute Gasteiger partial charge is 0.489 e. The molecule has 0 aliphatic carbocycles. The highest BCUT2D eigenvalue weighted by molar-refractivity contribution is 5.60. The minimum Gasteiger partial charge on any atom is -0.489 e. The van der Waals surface area contributed by atoms with Gasteiger partial charge in [-0.05, 0) is 18.1 Å². The molecule has 0 fully saturated rings. The van der Waals surface area contributed by atoms with Crippen molar-refractivity contribution in [3.05, 3.63) is 24.3 Å². The zero-order valence-corrected chi connectivity index (χ0v) is 10.4. The first kappa shape index (κ1) is 13.1. The number of para-hydroxylation sites is 2. The monoisotopic (exact) mass is 259 g/mol. The summed E-state index contributed by atoms with van der Waals surface area (Å²) in [6, 6.07) is 6.63. The molecule has 0 saturated carbocycles. The Morgan fingerprint density at radius 2 is 2.00 bits per heavy atom. The molecule has 1 aromatic rings. The van der Waals surface area contributed by atoms with E-state index < -0.39 is 12.7 Å². The first-order chi connectivity index (χ1) is 8.38. The van der Waals surface area contributed by atoms with Gasteiger partial charge in [-0.3, -0.25) is 0 Å². The van der Waals surface area contributed by atoms with E-state index in [-0.39, 0.29) is 12.0 Å². The van der Waals surface area contributed by atoms with Gasteiger partial charge in [0.25, 0.3) is 0 Å². The van der Waals surface area contributed by atoms with Gasteiger partial charge in [0.15, 0.2) is 0 Å². The Morgan fingerprint density at radius 3 is 2.61 bits per heavy atom. The van der Waals surface area contributed by atoms with Gasteiger partial charge in [0.2, 0.25) is 0 Å². The van der Waals surface area contributed by atoms with Crippen LogP contribution < -0.4 is 9.64 Å². The average molecular weight is 259 g/mol.